The SMILES string of the molecule is CCCCOc1cccc(C=NNC(=O)CCC(=O)Nc2ccccc2OC)c1. The standard InChI is InChI=1S/C22H27N3O4/c1-3-4-14-29-18-9-7-8-17(15-18)16-23-25-22(27)13-12-21(26)24-19-10-5-6-11-20(19)28-2/h5-11,15-16H,3-4,12-14H2,1-2H3,(H,24,26)(H,25,27). The number of hydrogen-bond donors (Lipinski definition) is 2. The molecular formula is C22H27N3O4. The lowest BCUT2D eigenvalue weighted by atomic mass is 10.2. The third-order valence-electron chi connectivity index (χ3n) is 3.99. The second-order valence-electron chi connectivity index (χ2n) is 6.32. The van der Waals surface area contributed by atoms with E-state index in [0.29, 0.717) is 18.0 Å². The topological polar surface area (TPSA) is 89.0 Å². The molecule has 29 heavy (non-hydrogen) atoms. The fourth-order valence-electron chi connectivity index (χ4n) is 2.44. The Morgan fingerprint density at radius 1 is 1.07 bits per heavy atom. The molecule has 7 nitrogen and oxygen atoms in total. The van der Waals surface area contributed by atoms with Gasteiger partial charge in [-0.05, 0) is 36.2 Å². The van der Waals surface area contributed by atoms with Crippen LogP contribution in [-0.4, -0.2) is 31.7 Å². The molecule has 2 rings (SSSR count). The quantitative estimate of drug-likeness (QED) is 0.343. The summed E-state index contributed by atoms with van der Waals surface area (Å²) in [4.78, 5) is 23.9. The molecule has 0 aromatic heterocycles. The molecule has 0 spiro atoms. The summed E-state index contributed by atoms with van der Waals surface area (Å²) in [6.45, 7) is 2.78. The maximum atomic E-state index is 12.0. The summed E-state index contributed by atoms with van der Waals surface area (Å²) in [6, 6.07) is 14.6. The number of ether oxygens (including phenoxy) is 2. The van der Waals surface area contributed by atoms with E-state index in [2.05, 4.69) is 22.8 Å². The number of nitrogens with zero attached hydrogens (tertiary/aromatic N) is 1. The van der Waals surface area contributed by atoms with Gasteiger partial charge in [-0.15, -0.1) is 0 Å². The number of anilines is 1. The number of para-hydroxylation sites is 2. The molecule has 0 bridgehead atoms. The van der Waals surface area contributed by atoms with Gasteiger partial charge < -0.3 is 14.8 Å². The van der Waals surface area contributed by atoms with E-state index >= 15 is 0 Å². The molecule has 0 aliphatic rings. The third-order valence-corrected chi connectivity index (χ3v) is 3.99. The van der Waals surface area contributed by atoms with Crippen LogP contribution in [0.1, 0.15) is 38.2 Å². The molecule has 0 radical (unpaired) electrons. The molecule has 2 N–H and O–H groups in total. The van der Waals surface area contributed by atoms with E-state index in [1.807, 2.05) is 30.3 Å². The number of benzene rings is 2. The molecule has 0 fully saturated rings. The van der Waals surface area contributed by atoms with Gasteiger partial charge in [0.25, 0.3) is 0 Å². The number of nitrogens with one attached hydrogen (secondary N) is 2. The summed E-state index contributed by atoms with van der Waals surface area (Å²) in [7, 11) is 1.53. The lowest BCUT2D eigenvalue weighted by molar-refractivity contribution is -0.124. The normalized spacial score (nSPS) is 10.6. The lowest BCUT2D eigenvalue weighted by Crippen LogP contribution is -2.20. The molecular weight excluding hydrogens is 370 g/mol. The van der Waals surface area contributed by atoms with Crippen LogP contribution in [0, 0.1) is 0 Å². The first kappa shape index (κ1) is 21.9. The van der Waals surface area contributed by atoms with Gasteiger partial charge in [0.1, 0.15) is 11.5 Å². The van der Waals surface area contributed by atoms with Crippen molar-refractivity contribution < 1.29 is 19.1 Å². The number of carbonyl (C=O) groups is 2. The number of hydrazone groups is 1. The largest absolute Gasteiger partial charge is 0.495 e. The van der Waals surface area contributed by atoms with Gasteiger partial charge in [-0.25, -0.2) is 5.43 Å². The highest BCUT2D eigenvalue weighted by atomic mass is 16.5. The Morgan fingerprint density at radius 3 is 2.66 bits per heavy atom. The molecule has 0 heterocycles. The summed E-state index contributed by atoms with van der Waals surface area (Å²) < 4.78 is 10.8. The van der Waals surface area contributed by atoms with Crippen LogP contribution in [-0.2, 0) is 9.59 Å². The van der Waals surface area contributed by atoms with E-state index in [9.17, 15) is 9.59 Å². The van der Waals surface area contributed by atoms with Crippen LogP contribution < -0.4 is 20.2 Å². The molecule has 2 aromatic rings. The molecule has 0 unspecified atom stereocenters. The molecule has 7 heteroatoms. The molecule has 0 aliphatic carbocycles. The van der Waals surface area contributed by atoms with Crippen molar-refractivity contribution in [3.8, 4) is 11.5 Å². The molecule has 0 saturated heterocycles. The van der Waals surface area contributed by atoms with Crippen molar-refractivity contribution >= 4 is 23.7 Å². The summed E-state index contributed by atoms with van der Waals surface area (Å²) >= 11 is 0. The van der Waals surface area contributed by atoms with Crippen molar-refractivity contribution in [3.05, 3.63) is 54.1 Å². The molecule has 2 amide bonds. The van der Waals surface area contributed by atoms with Crippen LogP contribution in [0.5, 0.6) is 11.5 Å². The highest BCUT2D eigenvalue weighted by molar-refractivity contribution is 5.94. The zero-order chi connectivity index (χ0) is 20.9. The Hall–Kier alpha value is -3.35. The average Bonchev–Trinajstić information content (AvgIpc) is 2.73. The Labute approximate surface area is 171 Å². The smallest absolute Gasteiger partial charge is 0.240 e. The number of unbranched alkanes of at least 4 members (excludes halogenated alkanes) is 1. The van der Waals surface area contributed by atoms with Crippen LogP contribution in [0.15, 0.2) is 53.6 Å². The van der Waals surface area contributed by atoms with Crippen LogP contribution in [0.2, 0.25) is 0 Å². The van der Waals surface area contributed by atoms with E-state index in [1.165, 1.54) is 7.11 Å². The van der Waals surface area contributed by atoms with E-state index in [4.69, 9.17) is 9.47 Å². The monoisotopic (exact) mass is 397 g/mol. The third kappa shape index (κ3) is 8.04. The van der Waals surface area contributed by atoms with Gasteiger partial charge in [-0.2, -0.15) is 5.10 Å². The summed E-state index contributed by atoms with van der Waals surface area (Å²) in [6.07, 6.45) is 3.68. The van der Waals surface area contributed by atoms with Crippen LogP contribution in [0.4, 0.5) is 5.69 Å². The van der Waals surface area contributed by atoms with Gasteiger partial charge in [0, 0.05) is 12.8 Å². The predicted octanol–water partition coefficient (Wildman–Crippen LogP) is 3.74. The highest BCUT2D eigenvalue weighted by Gasteiger charge is 2.09. The first-order valence-corrected chi connectivity index (χ1v) is 9.60. The number of amides is 2. The number of hydrogen-bond acceptors (Lipinski definition) is 5. The molecule has 154 valence electrons. The second-order valence-corrected chi connectivity index (χ2v) is 6.32. The Balaban J connectivity index is 1.75. The molecule has 0 atom stereocenters. The summed E-state index contributed by atoms with van der Waals surface area (Å²) in [5, 5.41) is 6.67. The first-order valence-electron chi connectivity index (χ1n) is 9.60. The minimum Gasteiger partial charge on any atom is -0.495 e. The maximum Gasteiger partial charge on any atom is 0.240 e. The lowest BCUT2D eigenvalue weighted by Gasteiger charge is -2.09. The maximum absolute atomic E-state index is 12.0. The second kappa shape index (κ2) is 12.2. The van der Waals surface area contributed by atoms with E-state index < -0.39 is 0 Å². The van der Waals surface area contributed by atoms with Crippen molar-refractivity contribution in [3.63, 3.8) is 0 Å². The Bertz CT molecular complexity index is 836. The van der Waals surface area contributed by atoms with Crippen LogP contribution >= 0.6 is 0 Å². The fourth-order valence-corrected chi connectivity index (χ4v) is 2.44. The van der Waals surface area contributed by atoms with Crippen molar-refractivity contribution in [1.29, 1.82) is 0 Å². The predicted molar refractivity (Wildman–Crippen MR) is 113 cm³/mol. The minimum atomic E-state index is -0.341. The Kier molecular flexibility index (Phi) is 9.21. The number of rotatable bonds is 11. The highest BCUT2D eigenvalue weighted by Crippen LogP contribution is 2.23. The van der Waals surface area contributed by atoms with Gasteiger partial charge in [-0.1, -0.05) is 37.6 Å². The molecule has 0 saturated carbocycles. The van der Waals surface area contributed by atoms with Crippen molar-refractivity contribution in [2.45, 2.75) is 32.6 Å². The number of carbonyl (C=O) groups excluding carboxylic acids is 2. The van der Waals surface area contributed by atoms with Crippen molar-refractivity contribution in [2.24, 2.45) is 5.10 Å². The summed E-state index contributed by atoms with van der Waals surface area (Å²) in [5.74, 6) is 0.717. The van der Waals surface area contributed by atoms with Gasteiger partial charge in [0.15, 0.2) is 0 Å². The van der Waals surface area contributed by atoms with Crippen LogP contribution in [0.25, 0.3) is 0 Å². The van der Waals surface area contributed by atoms with Gasteiger partial charge in [-0.3, -0.25) is 9.59 Å². The molecule has 2 aromatic carbocycles. The van der Waals surface area contributed by atoms with Gasteiger partial charge in [0.2, 0.25) is 11.8 Å². The van der Waals surface area contributed by atoms with Crippen LogP contribution in [0.3, 0.4) is 0 Å². The fraction of sp³-hybridized carbons (Fsp3) is 0.318. The Morgan fingerprint density at radius 2 is 1.86 bits per heavy atom. The first-order chi connectivity index (χ1) is 14.1. The molecule has 0 aliphatic heterocycles. The average molecular weight is 397 g/mol. The van der Waals surface area contributed by atoms with E-state index in [1.54, 1.807) is 24.4 Å². The van der Waals surface area contributed by atoms with Gasteiger partial charge >= 0.3 is 0 Å². The van der Waals surface area contributed by atoms with Crippen molar-refractivity contribution in [2.75, 3.05) is 19.0 Å². The van der Waals surface area contributed by atoms with Gasteiger partial charge in [0.05, 0.1) is 25.6 Å². The minimum absolute atomic E-state index is 0.0263. The van der Waals surface area contributed by atoms with E-state index in [0.717, 1.165) is 24.2 Å². The number of methoxy groups -OCH3 is 1. The van der Waals surface area contributed by atoms with E-state index in [-0.39, 0.29) is 24.7 Å². The van der Waals surface area contributed by atoms with Crippen molar-refractivity contribution in [1.82, 2.24) is 5.43 Å². The summed E-state index contributed by atoms with van der Waals surface area (Å²) in [5.41, 5.74) is 3.81. The zero-order valence-corrected chi connectivity index (χ0v) is 16.8. The zero-order valence-electron chi connectivity index (χ0n) is 16.8.